The zero-order chi connectivity index (χ0) is 31.1. The number of amides is 6. The molecular formula is C26H44N6O11. The molecule has 3 heterocycles. The van der Waals surface area contributed by atoms with Crippen molar-refractivity contribution in [2.75, 3.05) is 26.3 Å². The highest BCUT2D eigenvalue weighted by Gasteiger charge is 2.65. The second-order valence-corrected chi connectivity index (χ2v) is 12.0. The Morgan fingerprint density at radius 1 is 0.628 bits per heavy atom. The third-order valence-corrected chi connectivity index (χ3v) is 9.01. The number of ether oxygens (including phenoxy) is 2. The van der Waals surface area contributed by atoms with Crippen LogP contribution >= 0.6 is 0 Å². The maximum Gasteiger partial charge on any atom is 0.363 e. The lowest BCUT2D eigenvalue weighted by Gasteiger charge is -2.36. The summed E-state index contributed by atoms with van der Waals surface area (Å²) in [5.74, 6) is 0. The quantitative estimate of drug-likeness (QED) is 0.176. The van der Waals surface area contributed by atoms with E-state index < -0.39 is 55.0 Å². The van der Waals surface area contributed by atoms with Crippen molar-refractivity contribution >= 4 is 18.1 Å². The van der Waals surface area contributed by atoms with Gasteiger partial charge in [0, 0.05) is 13.1 Å². The summed E-state index contributed by atoms with van der Waals surface area (Å²) in [6, 6.07) is -3.51. The van der Waals surface area contributed by atoms with E-state index in [1.54, 1.807) is 0 Å². The van der Waals surface area contributed by atoms with Crippen LogP contribution in [0.3, 0.4) is 0 Å². The van der Waals surface area contributed by atoms with Crippen molar-refractivity contribution < 1.29 is 54.5 Å². The summed E-state index contributed by atoms with van der Waals surface area (Å²) in [6.07, 6.45) is 0.0209. The second kappa shape index (κ2) is 12.8. The van der Waals surface area contributed by atoms with E-state index in [0.717, 1.165) is 80.9 Å². The minimum atomic E-state index is -2.63. The van der Waals surface area contributed by atoms with Gasteiger partial charge in [-0.2, -0.15) is 20.0 Å². The second-order valence-electron chi connectivity index (χ2n) is 12.0. The monoisotopic (exact) mass is 616 g/mol. The molecule has 0 spiro atoms. The Kier molecular flexibility index (Phi) is 9.53. The fraction of sp³-hybridized carbons (Fsp3) is 0.885. The van der Waals surface area contributed by atoms with Crippen molar-refractivity contribution in [1.82, 2.24) is 29.8 Å². The van der Waals surface area contributed by atoms with E-state index in [4.69, 9.17) is 9.47 Å². The van der Waals surface area contributed by atoms with Crippen LogP contribution in [0.1, 0.15) is 71.1 Å². The SMILES string of the molecule is CC1(O)C(O)N(N2C(=O)N(CCOC3CCCCC3)C(O)C2O)C(=O)N1N1C(=O)N(CCOC2CCCCC2)C(O)C1O. The first-order chi connectivity index (χ1) is 20.5. The summed E-state index contributed by atoms with van der Waals surface area (Å²) in [7, 11) is 0. The summed E-state index contributed by atoms with van der Waals surface area (Å²) in [6.45, 7) is 0.806. The van der Waals surface area contributed by atoms with Gasteiger partial charge in [-0.15, -0.1) is 0 Å². The fourth-order valence-corrected chi connectivity index (χ4v) is 6.53. The van der Waals surface area contributed by atoms with Crippen molar-refractivity contribution in [2.24, 2.45) is 0 Å². The molecule has 0 aromatic rings. The molecule has 0 radical (unpaired) electrons. The van der Waals surface area contributed by atoms with Crippen LogP contribution < -0.4 is 0 Å². The molecule has 5 rings (SSSR count). The average Bonchev–Trinajstić information content (AvgIpc) is 3.40. The van der Waals surface area contributed by atoms with E-state index >= 15 is 0 Å². The molecule has 17 heteroatoms. The first-order valence-corrected chi connectivity index (χ1v) is 15.2. The predicted octanol–water partition coefficient (Wildman–Crippen LogP) is -0.972. The normalized spacial score (nSPS) is 35.0. The van der Waals surface area contributed by atoms with Gasteiger partial charge >= 0.3 is 18.1 Å². The van der Waals surface area contributed by atoms with Gasteiger partial charge in [0.1, 0.15) is 0 Å². The summed E-state index contributed by atoms with van der Waals surface area (Å²) in [5, 5.41) is 66.3. The molecule has 2 aliphatic carbocycles. The molecule has 6 N–H and O–H groups in total. The minimum Gasteiger partial charge on any atom is -0.376 e. The van der Waals surface area contributed by atoms with E-state index in [1.165, 1.54) is 0 Å². The molecule has 0 aromatic heterocycles. The molecule has 244 valence electrons. The van der Waals surface area contributed by atoms with Crippen molar-refractivity contribution in [3.63, 3.8) is 0 Å². The lowest BCUT2D eigenvalue weighted by atomic mass is 9.98. The number of nitrogens with zero attached hydrogens (tertiary/aromatic N) is 6. The molecule has 0 bridgehead atoms. The van der Waals surface area contributed by atoms with Gasteiger partial charge in [-0.3, -0.25) is 9.80 Å². The fourth-order valence-electron chi connectivity index (χ4n) is 6.53. The van der Waals surface area contributed by atoms with Crippen LogP contribution in [0.15, 0.2) is 0 Å². The standard InChI is InChI=1S/C26H44N6O11/c1-26(41)22(37)31(29-20(35)18(33)27(23(29)38)12-14-42-16-8-4-2-5-9-16)25(40)32(26)30-21(36)19(34)28(24(30)39)13-15-43-17-10-6-3-7-11-17/h16-22,33-37,41H,2-15H2,1H3. The number of urea groups is 3. The Hall–Kier alpha value is -2.51. The van der Waals surface area contributed by atoms with Crippen molar-refractivity contribution in [3.8, 4) is 0 Å². The smallest absolute Gasteiger partial charge is 0.363 e. The third kappa shape index (κ3) is 5.84. The van der Waals surface area contributed by atoms with Crippen LogP contribution in [0.2, 0.25) is 0 Å². The molecule has 2 saturated carbocycles. The van der Waals surface area contributed by atoms with Gasteiger partial charge in [0.05, 0.1) is 25.4 Å². The highest BCUT2D eigenvalue weighted by atomic mass is 16.5. The third-order valence-electron chi connectivity index (χ3n) is 9.01. The first kappa shape index (κ1) is 31.9. The topological polar surface area (TPSA) is 210 Å². The van der Waals surface area contributed by atoms with Gasteiger partial charge in [-0.25, -0.2) is 14.4 Å². The molecule has 6 atom stereocenters. The van der Waals surface area contributed by atoms with E-state index in [1.807, 2.05) is 0 Å². The van der Waals surface area contributed by atoms with Crippen molar-refractivity contribution in [3.05, 3.63) is 0 Å². The number of hydrazine groups is 2. The first-order valence-electron chi connectivity index (χ1n) is 15.2. The largest absolute Gasteiger partial charge is 0.376 e. The van der Waals surface area contributed by atoms with Crippen LogP contribution in [-0.2, 0) is 9.47 Å². The van der Waals surface area contributed by atoms with Gasteiger partial charge < -0.3 is 40.1 Å². The molecule has 6 unspecified atom stereocenters. The van der Waals surface area contributed by atoms with Crippen LogP contribution in [-0.4, -0.2) is 154 Å². The number of aliphatic hydroxyl groups is 6. The zero-order valence-corrected chi connectivity index (χ0v) is 24.3. The highest BCUT2D eigenvalue weighted by Crippen LogP contribution is 2.38. The Morgan fingerprint density at radius 3 is 1.51 bits per heavy atom. The number of rotatable bonds is 10. The summed E-state index contributed by atoms with van der Waals surface area (Å²) >= 11 is 0. The maximum absolute atomic E-state index is 13.6. The lowest BCUT2D eigenvalue weighted by molar-refractivity contribution is -0.233. The van der Waals surface area contributed by atoms with Crippen molar-refractivity contribution in [2.45, 2.75) is 120 Å². The number of carbonyl (C=O) groups is 3. The van der Waals surface area contributed by atoms with E-state index in [0.29, 0.717) is 20.0 Å². The molecule has 5 fully saturated rings. The van der Waals surface area contributed by atoms with Gasteiger partial charge in [-0.1, -0.05) is 38.5 Å². The Bertz CT molecular complexity index is 1030. The van der Waals surface area contributed by atoms with Crippen LogP contribution in [0.4, 0.5) is 14.4 Å². The number of aliphatic hydroxyl groups excluding tert-OH is 5. The zero-order valence-electron chi connectivity index (χ0n) is 24.3. The van der Waals surface area contributed by atoms with E-state index in [9.17, 15) is 45.0 Å². The Labute approximate surface area is 249 Å². The van der Waals surface area contributed by atoms with E-state index in [2.05, 4.69) is 0 Å². The Morgan fingerprint density at radius 2 is 1.05 bits per heavy atom. The summed E-state index contributed by atoms with van der Waals surface area (Å²) < 4.78 is 11.6. The molecule has 6 amide bonds. The molecular weight excluding hydrogens is 572 g/mol. The van der Waals surface area contributed by atoms with Crippen LogP contribution in [0.25, 0.3) is 0 Å². The minimum absolute atomic E-state index is 0.0207. The number of hydrogen-bond acceptors (Lipinski definition) is 11. The average molecular weight is 617 g/mol. The maximum atomic E-state index is 13.6. The van der Waals surface area contributed by atoms with Gasteiger partial charge in [-0.05, 0) is 32.6 Å². The lowest BCUT2D eigenvalue weighted by Crippen LogP contribution is -2.60. The molecule has 3 aliphatic heterocycles. The van der Waals surface area contributed by atoms with E-state index in [-0.39, 0.29) is 38.5 Å². The number of carbonyl (C=O) groups excluding carboxylic acids is 3. The number of hydrogen-bond donors (Lipinski definition) is 6. The molecule has 43 heavy (non-hydrogen) atoms. The summed E-state index contributed by atoms with van der Waals surface area (Å²) in [4.78, 5) is 42.0. The molecule has 0 aromatic carbocycles. The predicted molar refractivity (Wildman–Crippen MR) is 143 cm³/mol. The highest BCUT2D eigenvalue weighted by molar-refractivity contribution is 5.87. The Balaban J connectivity index is 1.26. The molecule has 5 aliphatic rings. The van der Waals surface area contributed by atoms with Gasteiger partial charge in [0.15, 0.2) is 24.9 Å². The molecule has 3 saturated heterocycles. The van der Waals surface area contributed by atoms with Gasteiger partial charge in [0.2, 0.25) is 12.0 Å². The van der Waals surface area contributed by atoms with Gasteiger partial charge in [0.25, 0.3) is 0 Å². The summed E-state index contributed by atoms with van der Waals surface area (Å²) in [5.41, 5.74) is -2.63. The molecule has 17 nitrogen and oxygen atoms in total. The van der Waals surface area contributed by atoms with Crippen LogP contribution in [0, 0.1) is 0 Å². The van der Waals surface area contributed by atoms with Crippen molar-refractivity contribution in [1.29, 1.82) is 0 Å². The van der Waals surface area contributed by atoms with Crippen LogP contribution in [0.5, 0.6) is 0 Å².